The first kappa shape index (κ1) is 14.4. The molecule has 0 aromatic heterocycles. The third-order valence-electron chi connectivity index (χ3n) is 3.08. The molecule has 1 aliphatic rings. The van der Waals surface area contributed by atoms with E-state index in [1.807, 2.05) is 18.2 Å². The Morgan fingerprint density at radius 1 is 1.37 bits per heavy atom. The van der Waals surface area contributed by atoms with E-state index < -0.39 is 0 Å². The molecule has 0 saturated carbocycles. The van der Waals surface area contributed by atoms with Crippen molar-refractivity contribution in [3.63, 3.8) is 0 Å². The first-order valence-electron chi connectivity index (χ1n) is 6.60. The van der Waals surface area contributed by atoms with Gasteiger partial charge in [-0.1, -0.05) is 18.2 Å². The average Bonchev–Trinajstić information content (AvgIpc) is 2.93. The van der Waals surface area contributed by atoms with Gasteiger partial charge in [0.1, 0.15) is 6.10 Å². The molecule has 1 aliphatic heterocycles. The molecule has 2 unspecified atom stereocenters. The SMILES string of the molecule is NCC1CCC(C(=O)NCCSc2ccccc2)O1. The number of carbonyl (C=O) groups excluding carboxylic acids is 1. The molecule has 0 spiro atoms. The van der Waals surface area contributed by atoms with Gasteiger partial charge in [-0.15, -0.1) is 11.8 Å². The van der Waals surface area contributed by atoms with Crippen LogP contribution in [0.4, 0.5) is 0 Å². The standard InChI is InChI=1S/C14H20N2O2S/c15-10-11-6-7-13(18-11)14(17)16-8-9-19-12-4-2-1-3-5-12/h1-5,11,13H,6-10,15H2,(H,16,17). The van der Waals surface area contributed by atoms with E-state index >= 15 is 0 Å². The third-order valence-corrected chi connectivity index (χ3v) is 4.09. The maximum atomic E-state index is 11.8. The van der Waals surface area contributed by atoms with Gasteiger partial charge < -0.3 is 15.8 Å². The minimum atomic E-state index is -0.310. The number of nitrogens with one attached hydrogen (secondary N) is 1. The van der Waals surface area contributed by atoms with E-state index in [1.54, 1.807) is 11.8 Å². The van der Waals surface area contributed by atoms with Crippen LogP contribution in [0.2, 0.25) is 0 Å². The molecule has 1 aromatic carbocycles. The number of rotatable bonds is 6. The van der Waals surface area contributed by atoms with Crippen LogP contribution >= 0.6 is 11.8 Å². The fraction of sp³-hybridized carbons (Fsp3) is 0.500. The number of hydrogen-bond donors (Lipinski definition) is 2. The highest BCUT2D eigenvalue weighted by atomic mass is 32.2. The largest absolute Gasteiger partial charge is 0.364 e. The lowest BCUT2D eigenvalue weighted by Crippen LogP contribution is -2.36. The average molecular weight is 280 g/mol. The Labute approximate surface area is 118 Å². The van der Waals surface area contributed by atoms with Crippen LogP contribution in [-0.4, -0.2) is 37.0 Å². The van der Waals surface area contributed by atoms with Gasteiger partial charge in [0.25, 0.3) is 0 Å². The normalized spacial score (nSPS) is 22.4. The van der Waals surface area contributed by atoms with Gasteiger partial charge in [-0.05, 0) is 25.0 Å². The Morgan fingerprint density at radius 3 is 2.84 bits per heavy atom. The van der Waals surface area contributed by atoms with Crippen molar-refractivity contribution in [2.75, 3.05) is 18.8 Å². The van der Waals surface area contributed by atoms with Crippen molar-refractivity contribution in [3.05, 3.63) is 30.3 Å². The molecule has 2 rings (SSSR count). The molecule has 104 valence electrons. The van der Waals surface area contributed by atoms with Crippen LogP contribution in [0.15, 0.2) is 35.2 Å². The van der Waals surface area contributed by atoms with Gasteiger partial charge in [0.05, 0.1) is 6.10 Å². The predicted octanol–water partition coefficient (Wildman–Crippen LogP) is 1.40. The van der Waals surface area contributed by atoms with Crippen molar-refractivity contribution in [2.45, 2.75) is 29.9 Å². The zero-order valence-corrected chi connectivity index (χ0v) is 11.7. The first-order valence-corrected chi connectivity index (χ1v) is 7.59. The van der Waals surface area contributed by atoms with Crippen LogP contribution < -0.4 is 11.1 Å². The minimum absolute atomic E-state index is 0.00962. The second kappa shape index (κ2) is 7.53. The molecule has 1 fully saturated rings. The van der Waals surface area contributed by atoms with E-state index in [1.165, 1.54) is 4.90 Å². The lowest BCUT2D eigenvalue weighted by Gasteiger charge is -2.12. The highest BCUT2D eigenvalue weighted by Gasteiger charge is 2.29. The molecule has 5 heteroatoms. The summed E-state index contributed by atoms with van der Waals surface area (Å²) in [5, 5.41) is 2.91. The molecule has 2 atom stereocenters. The van der Waals surface area contributed by atoms with Gasteiger partial charge in [0, 0.05) is 23.7 Å². The van der Waals surface area contributed by atoms with Crippen molar-refractivity contribution in [1.29, 1.82) is 0 Å². The van der Waals surface area contributed by atoms with Gasteiger partial charge in [0.15, 0.2) is 0 Å². The second-order valence-corrected chi connectivity index (χ2v) is 5.68. The fourth-order valence-electron chi connectivity index (χ4n) is 2.05. The number of ether oxygens (including phenoxy) is 1. The zero-order valence-electron chi connectivity index (χ0n) is 10.9. The number of benzene rings is 1. The summed E-state index contributed by atoms with van der Waals surface area (Å²) in [7, 11) is 0. The van der Waals surface area contributed by atoms with Crippen molar-refractivity contribution in [1.82, 2.24) is 5.32 Å². The van der Waals surface area contributed by atoms with E-state index in [2.05, 4.69) is 17.4 Å². The molecule has 0 aliphatic carbocycles. The first-order chi connectivity index (χ1) is 9.29. The quantitative estimate of drug-likeness (QED) is 0.611. The van der Waals surface area contributed by atoms with Crippen LogP contribution in [0, 0.1) is 0 Å². The van der Waals surface area contributed by atoms with E-state index in [0.29, 0.717) is 13.1 Å². The molecule has 0 radical (unpaired) electrons. The molecular weight excluding hydrogens is 260 g/mol. The Hall–Kier alpha value is -1.04. The monoisotopic (exact) mass is 280 g/mol. The topological polar surface area (TPSA) is 64.4 Å². The van der Waals surface area contributed by atoms with Gasteiger partial charge in [0.2, 0.25) is 5.91 Å². The lowest BCUT2D eigenvalue weighted by atomic mass is 10.2. The van der Waals surface area contributed by atoms with Crippen LogP contribution in [-0.2, 0) is 9.53 Å². The van der Waals surface area contributed by atoms with E-state index in [-0.39, 0.29) is 18.1 Å². The number of carbonyl (C=O) groups is 1. The van der Waals surface area contributed by atoms with Crippen LogP contribution in [0.25, 0.3) is 0 Å². The smallest absolute Gasteiger partial charge is 0.249 e. The molecule has 19 heavy (non-hydrogen) atoms. The Balaban J connectivity index is 1.62. The Morgan fingerprint density at radius 2 is 2.16 bits per heavy atom. The molecule has 1 heterocycles. The highest BCUT2D eigenvalue weighted by Crippen LogP contribution is 2.19. The molecule has 1 amide bonds. The summed E-state index contributed by atoms with van der Waals surface area (Å²) in [6.45, 7) is 1.15. The Kier molecular flexibility index (Phi) is 5.69. The van der Waals surface area contributed by atoms with Crippen molar-refractivity contribution in [3.8, 4) is 0 Å². The second-order valence-electron chi connectivity index (χ2n) is 4.51. The van der Waals surface area contributed by atoms with Gasteiger partial charge >= 0.3 is 0 Å². The predicted molar refractivity (Wildman–Crippen MR) is 77.1 cm³/mol. The number of thioether (sulfide) groups is 1. The summed E-state index contributed by atoms with van der Waals surface area (Å²) in [5.41, 5.74) is 5.52. The summed E-state index contributed by atoms with van der Waals surface area (Å²) >= 11 is 1.73. The number of nitrogens with two attached hydrogens (primary N) is 1. The number of hydrogen-bond acceptors (Lipinski definition) is 4. The van der Waals surface area contributed by atoms with Crippen molar-refractivity contribution < 1.29 is 9.53 Å². The van der Waals surface area contributed by atoms with Crippen LogP contribution in [0.1, 0.15) is 12.8 Å². The Bertz CT molecular complexity index is 400. The van der Waals surface area contributed by atoms with Crippen LogP contribution in [0.3, 0.4) is 0 Å². The van der Waals surface area contributed by atoms with Gasteiger partial charge in [-0.25, -0.2) is 0 Å². The molecule has 1 aromatic rings. The van der Waals surface area contributed by atoms with Crippen LogP contribution in [0.5, 0.6) is 0 Å². The summed E-state index contributed by atoms with van der Waals surface area (Å²) < 4.78 is 5.54. The summed E-state index contributed by atoms with van der Waals surface area (Å²) in [4.78, 5) is 13.1. The van der Waals surface area contributed by atoms with E-state index in [9.17, 15) is 4.79 Å². The maximum absolute atomic E-state index is 11.8. The summed E-state index contributed by atoms with van der Waals surface area (Å²) in [6.07, 6.45) is 1.40. The molecule has 3 N–H and O–H groups in total. The minimum Gasteiger partial charge on any atom is -0.364 e. The third kappa shape index (κ3) is 4.53. The molecular formula is C14H20N2O2S. The molecule has 0 bridgehead atoms. The number of amides is 1. The summed E-state index contributed by atoms with van der Waals surface area (Å²) in [5.74, 6) is 0.854. The summed E-state index contributed by atoms with van der Waals surface area (Å²) in [6, 6.07) is 10.2. The van der Waals surface area contributed by atoms with Crippen molar-refractivity contribution >= 4 is 17.7 Å². The maximum Gasteiger partial charge on any atom is 0.249 e. The highest BCUT2D eigenvalue weighted by molar-refractivity contribution is 7.99. The molecule has 1 saturated heterocycles. The van der Waals surface area contributed by atoms with E-state index in [0.717, 1.165) is 18.6 Å². The molecule has 4 nitrogen and oxygen atoms in total. The fourth-order valence-corrected chi connectivity index (χ4v) is 2.84. The van der Waals surface area contributed by atoms with Gasteiger partial charge in [-0.2, -0.15) is 0 Å². The van der Waals surface area contributed by atoms with Gasteiger partial charge in [-0.3, -0.25) is 4.79 Å². The zero-order chi connectivity index (χ0) is 13.5. The van der Waals surface area contributed by atoms with Crippen molar-refractivity contribution in [2.24, 2.45) is 5.73 Å². The van der Waals surface area contributed by atoms with E-state index in [4.69, 9.17) is 10.5 Å². The lowest BCUT2D eigenvalue weighted by molar-refractivity contribution is -0.131.